The van der Waals surface area contributed by atoms with E-state index in [4.69, 9.17) is 14.0 Å². The fourth-order valence-electron chi connectivity index (χ4n) is 4.08. The van der Waals surface area contributed by atoms with Crippen molar-refractivity contribution in [2.24, 2.45) is 0 Å². The topological polar surface area (TPSA) is 65.1 Å². The first-order chi connectivity index (χ1) is 8.09. The molecule has 4 rings (SSSR count). The van der Waals surface area contributed by atoms with E-state index in [1.54, 1.807) is 0 Å². The maximum Gasteiger partial charge on any atom is 0.614 e. The van der Waals surface area contributed by atoms with Gasteiger partial charge in [-0.15, -0.1) is 0 Å². The Labute approximate surface area is 98.4 Å². The molecular formula is C10H14BNO5. The lowest BCUT2D eigenvalue weighted by molar-refractivity contribution is -0.826. The van der Waals surface area contributed by atoms with Crippen LogP contribution in [0.1, 0.15) is 19.8 Å². The Morgan fingerprint density at radius 2 is 2.12 bits per heavy atom. The molecule has 0 bridgehead atoms. The van der Waals surface area contributed by atoms with Crippen molar-refractivity contribution in [2.75, 3.05) is 13.1 Å². The molecule has 4 unspecified atom stereocenters. The summed E-state index contributed by atoms with van der Waals surface area (Å²) in [6.07, 6.45) is 1.75. The molecule has 0 aromatic rings. The highest BCUT2D eigenvalue weighted by Gasteiger charge is 2.80. The predicted molar refractivity (Wildman–Crippen MR) is 55.3 cm³/mol. The maximum absolute atomic E-state index is 11.9. The highest BCUT2D eigenvalue weighted by molar-refractivity contribution is 6.68. The van der Waals surface area contributed by atoms with Gasteiger partial charge in [-0.05, 0) is 13.3 Å². The van der Waals surface area contributed by atoms with Crippen molar-refractivity contribution in [3.63, 3.8) is 0 Å². The van der Waals surface area contributed by atoms with Gasteiger partial charge in [-0.2, -0.15) is 0 Å². The molecule has 0 amide bonds. The van der Waals surface area contributed by atoms with Gasteiger partial charge in [0.2, 0.25) is 0 Å². The van der Waals surface area contributed by atoms with Crippen LogP contribution in [0.2, 0.25) is 0 Å². The van der Waals surface area contributed by atoms with E-state index in [1.807, 2.05) is 6.92 Å². The molecule has 4 aliphatic heterocycles. The molecule has 0 aliphatic carbocycles. The minimum absolute atomic E-state index is 0.0167. The van der Waals surface area contributed by atoms with Crippen LogP contribution in [0, 0.1) is 0 Å². The van der Waals surface area contributed by atoms with E-state index in [1.165, 1.54) is 0 Å². The number of epoxide rings is 1. The van der Waals surface area contributed by atoms with Crippen LogP contribution in [0.15, 0.2) is 0 Å². The second-order valence-electron chi connectivity index (χ2n) is 5.60. The normalized spacial score (nSPS) is 55.2. The molecule has 0 aromatic heterocycles. The summed E-state index contributed by atoms with van der Waals surface area (Å²) in [5, 5.41) is 0. The van der Waals surface area contributed by atoms with Gasteiger partial charge in [-0.3, -0.25) is 4.79 Å². The molecular weight excluding hydrogens is 225 g/mol. The van der Waals surface area contributed by atoms with Crippen LogP contribution in [0.3, 0.4) is 0 Å². The smallest absolute Gasteiger partial charge is 0.598 e. The number of carbonyl (C=O) groups excluding carboxylic acids is 2. The van der Waals surface area contributed by atoms with E-state index < -0.39 is 6.69 Å². The summed E-state index contributed by atoms with van der Waals surface area (Å²) in [6.45, 7) is 1.03. The van der Waals surface area contributed by atoms with E-state index in [2.05, 4.69) is 0 Å². The van der Waals surface area contributed by atoms with Crippen LogP contribution in [-0.2, 0) is 23.6 Å². The lowest BCUT2D eigenvalue weighted by Crippen LogP contribution is -2.67. The molecule has 0 aromatic carbocycles. The molecule has 4 saturated heterocycles. The molecule has 0 radical (unpaired) electrons. The number of quaternary nitrogens is 1. The molecule has 1 spiro atoms. The zero-order valence-electron chi connectivity index (χ0n) is 9.63. The van der Waals surface area contributed by atoms with Gasteiger partial charge in [0.15, 0.2) is 0 Å². The number of hydrogen-bond acceptors (Lipinski definition) is 5. The summed E-state index contributed by atoms with van der Waals surface area (Å²) in [5.74, 6) is -0.468. The molecule has 0 N–H and O–H groups in total. The Kier molecular flexibility index (Phi) is 1.56. The third-order valence-corrected chi connectivity index (χ3v) is 4.84. The monoisotopic (exact) mass is 239 g/mol. The summed E-state index contributed by atoms with van der Waals surface area (Å²) in [7, 11) is 0. The standard InChI is InChI=1S/C10H14BNO5/c1-6-9(15-6)11-12(5-8(13)16-11)4-2-3-7(12)10(14)17-11/h6-7,9H,2-5H2,1H3/t6?,7-,9?,11?,12?/m0/s1. The average Bonchev–Trinajstić information content (AvgIpc) is 2.66. The number of hydrogen-bond donors (Lipinski definition) is 0. The van der Waals surface area contributed by atoms with Crippen molar-refractivity contribution >= 4 is 18.6 Å². The van der Waals surface area contributed by atoms with Gasteiger partial charge in [-0.25, -0.2) is 4.79 Å². The highest BCUT2D eigenvalue weighted by atomic mass is 16.7. The zero-order valence-corrected chi connectivity index (χ0v) is 9.63. The predicted octanol–water partition coefficient (Wildman–Crippen LogP) is -0.655. The summed E-state index contributed by atoms with van der Waals surface area (Å²) in [5.41, 5.74) is 0. The molecule has 4 aliphatic rings. The SMILES string of the molecule is CC1OC1[B-]12OC(=O)C[N+]13CCC[C@H]3C(=O)O2. The zero-order chi connectivity index (χ0) is 11.8. The van der Waals surface area contributed by atoms with Gasteiger partial charge < -0.3 is 18.4 Å². The average molecular weight is 239 g/mol. The Morgan fingerprint density at radius 1 is 1.35 bits per heavy atom. The summed E-state index contributed by atoms with van der Waals surface area (Å²) in [4.78, 5) is 23.6. The summed E-state index contributed by atoms with van der Waals surface area (Å²) < 4.78 is 16.8. The van der Waals surface area contributed by atoms with Crippen LogP contribution in [0.5, 0.6) is 0 Å². The van der Waals surface area contributed by atoms with Gasteiger partial charge in [0.05, 0.1) is 6.10 Å². The highest BCUT2D eigenvalue weighted by Crippen LogP contribution is 2.51. The van der Waals surface area contributed by atoms with Gasteiger partial charge >= 0.3 is 18.6 Å². The minimum atomic E-state index is -1.94. The molecule has 4 heterocycles. The van der Waals surface area contributed by atoms with Crippen LogP contribution >= 0.6 is 0 Å². The van der Waals surface area contributed by atoms with Crippen molar-refractivity contribution < 1.29 is 28.0 Å². The van der Waals surface area contributed by atoms with Crippen LogP contribution in [0.4, 0.5) is 0 Å². The first-order valence-corrected chi connectivity index (χ1v) is 6.20. The van der Waals surface area contributed by atoms with Crippen molar-refractivity contribution in [1.29, 1.82) is 0 Å². The summed E-state index contributed by atoms with van der Waals surface area (Å²) in [6, 6.07) is -0.439. The number of carbonyl (C=O) groups is 2. The van der Waals surface area contributed by atoms with Gasteiger partial charge in [0.25, 0.3) is 0 Å². The van der Waals surface area contributed by atoms with Crippen LogP contribution in [-0.4, -0.2) is 54.3 Å². The third kappa shape index (κ3) is 0.925. The quantitative estimate of drug-likeness (QED) is 0.449. The fourth-order valence-corrected chi connectivity index (χ4v) is 4.08. The van der Waals surface area contributed by atoms with Gasteiger partial charge in [0.1, 0.15) is 18.6 Å². The van der Waals surface area contributed by atoms with E-state index in [0.717, 1.165) is 19.4 Å². The molecule has 5 atom stereocenters. The molecule has 6 nitrogen and oxygen atoms in total. The van der Waals surface area contributed by atoms with Gasteiger partial charge in [-0.1, -0.05) is 0 Å². The van der Waals surface area contributed by atoms with Crippen molar-refractivity contribution in [2.45, 2.75) is 37.9 Å². The van der Waals surface area contributed by atoms with E-state index in [-0.39, 0.29) is 36.6 Å². The second-order valence-corrected chi connectivity index (χ2v) is 5.60. The molecule has 92 valence electrons. The fraction of sp³-hybridized carbons (Fsp3) is 0.800. The molecule has 17 heavy (non-hydrogen) atoms. The maximum atomic E-state index is 11.9. The number of nitrogens with zero attached hydrogens (tertiary/aromatic N) is 1. The Morgan fingerprint density at radius 3 is 2.82 bits per heavy atom. The van der Waals surface area contributed by atoms with Crippen LogP contribution < -0.4 is 0 Å². The lowest BCUT2D eigenvalue weighted by atomic mass is 9.62. The van der Waals surface area contributed by atoms with E-state index in [9.17, 15) is 9.59 Å². The van der Waals surface area contributed by atoms with Gasteiger partial charge in [0, 0.05) is 13.0 Å². The Hall–Kier alpha value is -1.08. The largest absolute Gasteiger partial charge is 0.614 e. The Balaban J connectivity index is 1.85. The van der Waals surface area contributed by atoms with Crippen molar-refractivity contribution in [3.8, 4) is 0 Å². The molecule has 0 saturated carbocycles. The summed E-state index contributed by atoms with van der Waals surface area (Å²) >= 11 is 0. The van der Waals surface area contributed by atoms with Crippen LogP contribution in [0.25, 0.3) is 0 Å². The van der Waals surface area contributed by atoms with E-state index in [0.29, 0.717) is 4.39 Å². The molecule has 7 heteroatoms. The third-order valence-electron chi connectivity index (χ3n) is 4.84. The van der Waals surface area contributed by atoms with Crippen molar-refractivity contribution in [1.82, 2.24) is 0 Å². The first kappa shape index (κ1) is 9.90. The molecule has 4 fully saturated rings. The van der Waals surface area contributed by atoms with E-state index >= 15 is 0 Å². The second kappa shape index (κ2) is 2.67. The number of ether oxygens (including phenoxy) is 1. The first-order valence-electron chi connectivity index (χ1n) is 6.20. The Bertz CT molecular complexity index is 442. The lowest BCUT2D eigenvalue weighted by Gasteiger charge is -2.42. The number of rotatable bonds is 1. The minimum Gasteiger partial charge on any atom is -0.598 e. The van der Waals surface area contributed by atoms with Crippen molar-refractivity contribution in [3.05, 3.63) is 0 Å².